The van der Waals surface area contributed by atoms with Crippen molar-refractivity contribution in [3.8, 4) is 5.75 Å². The average molecular weight is 288 g/mol. The second kappa shape index (κ2) is 5.27. The number of anilines is 3. The smallest absolute Gasteiger partial charge is 0.205 e. The van der Waals surface area contributed by atoms with E-state index in [0.29, 0.717) is 17.4 Å². The zero-order valence-corrected chi connectivity index (χ0v) is 11.4. The quantitative estimate of drug-likeness (QED) is 0.499. The van der Waals surface area contributed by atoms with Crippen LogP contribution < -0.4 is 21.3 Å². The third kappa shape index (κ3) is 2.22. The molecule has 3 rings (SSSR count). The maximum Gasteiger partial charge on any atom is 0.205 e. The highest BCUT2D eigenvalue weighted by molar-refractivity contribution is 7.16. The van der Waals surface area contributed by atoms with Crippen LogP contribution in [0.3, 0.4) is 0 Å². The molecule has 0 unspecified atom stereocenters. The normalized spacial score (nSPS) is 10.5. The van der Waals surface area contributed by atoms with Gasteiger partial charge in [-0.05, 0) is 18.2 Å². The Labute approximate surface area is 118 Å². The molecule has 2 aromatic heterocycles. The molecular weight excluding hydrogens is 276 g/mol. The number of aromatic nitrogens is 3. The number of nitrogen functional groups attached to an aromatic ring is 1. The minimum absolute atomic E-state index is 0.420. The Balaban J connectivity index is 1.97. The van der Waals surface area contributed by atoms with Crippen molar-refractivity contribution in [3.63, 3.8) is 0 Å². The molecule has 0 aliphatic heterocycles. The fraction of sp³-hybridized carbons (Fsp3) is 0.0833. The van der Waals surface area contributed by atoms with Crippen LogP contribution >= 0.6 is 11.3 Å². The fourth-order valence-electron chi connectivity index (χ4n) is 1.83. The summed E-state index contributed by atoms with van der Waals surface area (Å²) in [6, 6.07) is 5.88. The fourth-order valence-corrected chi connectivity index (χ4v) is 2.54. The molecule has 0 amide bonds. The lowest BCUT2D eigenvalue weighted by Crippen LogP contribution is -2.11. The van der Waals surface area contributed by atoms with Gasteiger partial charge in [-0.25, -0.2) is 20.8 Å². The first-order valence-corrected chi connectivity index (χ1v) is 6.65. The Bertz CT molecular complexity index is 744. The van der Waals surface area contributed by atoms with Crippen LogP contribution in [0.15, 0.2) is 30.0 Å². The molecule has 0 aliphatic carbocycles. The molecule has 3 aromatic rings. The molecule has 0 saturated heterocycles. The van der Waals surface area contributed by atoms with Gasteiger partial charge >= 0.3 is 0 Å². The summed E-state index contributed by atoms with van der Waals surface area (Å²) in [5, 5.41) is 3.19. The molecule has 0 radical (unpaired) electrons. The summed E-state index contributed by atoms with van der Waals surface area (Å²) < 4.78 is 6.37. The Morgan fingerprint density at radius 1 is 1.20 bits per heavy atom. The number of nitrogens with two attached hydrogens (primary N) is 1. The number of methoxy groups -OCH3 is 1. The molecule has 1 aromatic carbocycles. The van der Waals surface area contributed by atoms with Gasteiger partial charge in [0.25, 0.3) is 0 Å². The molecule has 8 heteroatoms. The van der Waals surface area contributed by atoms with Crippen molar-refractivity contribution < 1.29 is 4.74 Å². The molecule has 4 N–H and O–H groups in total. The topological polar surface area (TPSA) is 98.0 Å². The van der Waals surface area contributed by atoms with Gasteiger partial charge in [0.05, 0.1) is 22.8 Å². The van der Waals surface area contributed by atoms with Crippen LogP contribution in [-0.4, -0.2) is 22.1 Å². The minimum Gasteiger partial charge on any atom is -0.490 e. The van der Waals surface area contributed by atoms with E-state index in [1.807, 2.05) is 23.7 Å². The van der Waals surface area contributed by atoms with E-state index in [0.717, 1.165) is 15.9 Å². The number of rotatable bonds is 4. The van der Waals surface area contributed by atoms with E-state index >= 15 is 0 Å². The van der Waals surface area contributed by atoms with E-state index in [9.17, 15) is 0 Å². The number of benzene rings is 1. The van der Waals surface area contributed by atoms with Gasteiger partial charge in [0, 0.05) is 5.69 Å². The zero-order valence-electron chi connectivity index (χ0n) is 10.6. The summed E-state index contributed by atoms with van der Waals surface area (Å²) in [5.41, 5.74) is 6.15. The van der Waals surface area contributed by atoms with Crippen molar-refractivity contribution >= 4 is 38.9 Å². The Kier molecular flexibility index (Phi) is 3.32. The van der Waals surface area contributed by atoms with Gasteiger partial charge in [-0.1, -0.05) is 0 Å². The number of hydrogen-bond donors (Lipinski definition) is 3. The molecule has 0 aliphatic rings. The van der Waals surface area contributed by atoms with E-state index < -0.39 is 0 Å². The first-order chi connectivity index (χ1) is 9.81. The number of thiazole rings is 1. The number of hydrogen-bond acceptors (Lipinski definition) is 8. The molecule has 0 bridgehead atoms. The minimum atomic E-state index is 0.420. The maximum absolute atomic E-state index is 5.39. The van der Waals surface area contributed by atoms with Gasteiger partial charge in [0.15, 0.2) is 11.6 Å². The maximum atomic E-state index is 5.39. The van der Waals surface area contributed by atoms with E-state index in [1.54, 1.807) is 11.3 Å². The van der Waals surface area contributed by atoms with E-state index in [2.05, 4.69) is 25.7 Å². The molecule has 2 heterocycles. The number of nitrogens with zero attached hydrogens (tertiary/aromatic N) is 3. The predicted octanol–water partition coefficient (Wildman–Crippen LogP) is 2.12. The number of ether oxygens (including phenoxy) is 1. The molecule has 20 heavy (non-hydrogen) atoms. The Morgan fingerprint density at radius 2 is 2.05 bits per heavy atom. The molecule has 0 saturated carbocycles. The predicted molar refractivity (Wildman–Crippen MR) is 79.3 cm³/mol. The van der Waals surface area contributed by atoms with Crippen molar-refractivity contribution in [3.05, 3.63) is 30.0 Å². The summed E-state index contributed by atoms with van der Waals surface area (Å²) in [6.45, 7) is 0. The second-order valence-corrected chi connectivity index (χ2v) is 4.79. The molecule has 7 nitrogen and oxygen atoms in total. The monoisotopic (exact) mass is 288 g/mol. The molecule has 0 spiro atoms. The number of hydrazine groups is 1. The van der Waals surface area contributed by atoms with Crippen LogP contribution in [0.1, 0.15) is 0 Å². The Morgan fingerprint density at radius 3 is 2.85 bits per heavy atom. The van der Waals surface area contributed by atoms with Crippen LogP contribution in [0.4, 0.5) is 17.3 Å². The lowest BCUT2D eigenvalue weighted by atomic mass is 10.3. The SMILES string of the molecule is COc1c(NN)ncnc1Nc1ccc2ncsc2c1. The van der Waals surface area contributed by atoms with Crippen molar-refractivity contribution in [2.24, 2.45) is 5.84 Å². The highest BCUT2D eigenvalue weighted by Crippen LogP contribution is 2.31. The summed E-state index contributed by atoms with van der Waals surface area (Å²) in [5.74, 6) is 6.81. The van der Waals surface area contributed by atoms with Gasteiger partial charge in [-0.15, -0.1) is 11.3 Å². The lowest BCUT2D eigenvalue weighted by Gasteiger charge is -2.12. The van der Waals surface area contributed by atoms with Gasteiger partial charge in [-0.3, -0.25) is 0 Å². The summed E-state index contributed by atoms with van der Waals surface area (Å²) >= 11 is 1.58. The van der Waals surface area contributed by atoms with Gasteiger partial charge < -0.3 is 15.5 Å². The molecule has 102 valence electrons. The largest absolute Gasteiger partial charge is 0.490 e. The molecule has 0 fully saturated rings. The summed E-state index contributed by atoms with van der Waals surface area (Å²) in [7, 11) is 1.54. The number of fused-ring (bicyclic) bond motifs is 1. The van der Waals surface area contributed by atoms with Crippen molar-refractivity contribution in [2.45, 2.75) is 0 Å². The van der Waals surface area contributed by atoms with Gasteiger partial charge in [0.1, 0.15) is 6.33 Å². The van der Waals surface area contributed by atoms with E-state index in [4.69, 9.17) is 10.6 Å². The third-order valence-corrected chi connectivity index (χ3v) is 3.53. The van der Waals surface area contributed by atoms with Crippen LogP contribution in [0, 0.1) is 0 Å². The third-order valence-electron chi connectivity index (χ3n) is 2.74. The average Bonchev–Trinajstić information content (AvgIpc) is 2.94. The van der Waals surface area contributed by atoms with Crippen LogP contribution in [-0.2, 0) is 0 Å². The van der Waals surface area contributed by atoms with Crippen molar-refractivity contribution in [1.82, 2.24) is 15.0 Å². The highest BCUT2D eigenvalue weighted by atomic mass is 32.1. The van der Waals surface area contributed by atoms with Crippen LogP contribution in [0.2, 0.25) is 0 Å². The highest BCUT2D eigenvalue weighted by Gasteiger charge is 2.11. The number of nitrogens with one attached hydrogen (secondary N) is 2. The Hall–Kier alpha value is -2.45. The van der Waals surface area contributed by atoms with E-state index in [-0.39, 0.29) is 0 Å². The molecule has 0 atom stereocenters. The summed E-state index contributed by atoms with van der Waals surface area (Å²) in [6.07, 6.45) is 1.41. The second-order valence-electron chi connectivity index (χ2n) is 3.91. The van der Waals surface area contributed by atoms with Gasteiger partial charge in [-0.2, -0.15) is 0 Å². The van der Waals surface area contributed by atoms with Crippen LogP contribution in [0.25, 0.3) is 10.2 Å². The first-order valence-electron chi connectivity index (χ1n) is 5.77. The standard InChI is InChI=1S/C12H12N6OS/c1-19-10-11(14-5-15-12(10)18-13)17-7-2-3-8-9(4-7)20-6-16-8/h2-6H,13H2,1H3,(H2,14,15,17,18). The lowest BCUT2D eigenvalue weighted by molar-refractivity contribution is 0.415. The van der Waals surface area contributed by atoms with Gasteiger partial charge in [0.2, 0.25) is 5.75 Å². The van der Waals surface area contributed by atoms with E-state index in [1.165, 1.54) is 13.4 Å². The first kappa shape index (κ1) is 12.6. The van der Waals surface area contributed by atoms with Crippen molar-refractivity contribution in [2.75, 3.05) is 17.9 Å². The zero-order chi connectivity index (χ0) is 13.9. The summed E-state index contributed by atoms with van der Waals surface area (Å²) in [4.78, 5) is 12.4. The molecular formula is C12H12N6OS. The van der Waals surface area contributed by atoms with Crippen LogP contribution in [0.5, 0.6) is 5.75 Å². The van der Waals surface area contributed by atoms with Crippen molar-refractivity contribution in [1.29, 1.82) is 0 Å².